The molecule has 1 saturated heterocycles. The van der Waals surface area contributed by atoms with Crippen LogP contribution in [0.5, 0.6) is 0 Å². The Bertz CT molecular complexity index is 878. The molecule has 2 fully saturated rings. The fraction of sp³-hybridized carbons (Fsp3) is 0.435. The zero-order valence-corrected chi connectivity index (χ0v) is 16.4. The highest BCUT2D eigenvalue weighted by Gasteiger charge is 2.32. The van der Waals surface area contributed by atoms with Crippen LogP contribution in [-0.4, -0.2) is 40.8 Å². The molecule has 0 unspecified atom stereocenters. The largest absolute Gasteiger partial charge is 0.349 e. The lowest BCUT2D eigenvalue weighted by Crippen LogP contribution is -2.43. The van der Waals surface area contributed by atoms with Gasteiger partial charge in [0, 0.05) is 36.8 Å². The number of nitrogens with one attached hydrogen (secondary N) is 1. The molecule has 1 aromatic carbocycles. The monoisotopic (exact) mass is 395 g/mol. The highest BCUT2D eigenvalue weighted by atomic mass is 19.1. The van der Waals surface area contributed by atoms with Crippen LogP contribution in [0.25, 0.3) is 11.3 Å². The molecule has 2 amide bonds. The zero-order valence-electron chi connectivity index (χ0n) is 16.4. The van der Waals surface area contributed by atoms with E-state index in [9.17, 15) is 14.0 Å². The standard InChI is InChI=1S/C23H26FN3O2/c24-19-7-3-5-16(13-19)21-10-9-18(15-25-21)22(28)26-20-8-4-6-17(14-20)23(29)27-11-1-2-12-27/h3,5,7,9-10,13,15,17,20H,1-2,4,6,8,11-12,14H2,(H,26,28)/t17-,20-/m0/s1. The number of hydrogen-bond acceptors (Lipinski definition) is 3. The number of pyridine rings is 1. The summed E-state index contributed by atoms with van der Waals surface area (Å²) in [6.45, 7) is 1.74. The topological polar surface area (TPSA) is 62.3 Å². The van der Waals surface area contributed by atoms with Crippen molar-refractivity contribution in [3.8, 4) is 11.3 Å². The number of carbonyl (C=O) groups excluding carboxylic acids is 2. The van der Waals surface area contributed by atoms with E-state index in [0.29, 0.717) is 23.2 Å². The van der Waals surface area contributed by atoms with Crippen LogP contribution in [0.4, 0.5) is 4.39 Å². The van der Waals surface area contributed by atoms with Gasteiger partial charge in [0.05, 0.1) is 11.3 Å². The van der Waals surface area contributed by atoms with Crippen LogP contribution in [0.2, 0.25) is 0 Å². The Morgan fingerprint density at radius 1 is 1.07 bits per heavy atom. The van der Waals surface area contributed by atoms with E-state index in [0.717, 1.165) is 45.2 Å². The molecule has 2 atom stereocenters. The van der Waals surface area contributed by atoms with Crippen molar-refractivity contribution in [2.24, 2.45) is 5.92 Å². The van der Waals surface area contributed by atoms with Gasteiger partial charge in [-0.2, -0.15) is 0 Å². The van der Waals surface area contributed by atoms with Gasteiger partial charge in [0.1, 0.15) is 5.82 Å². The van der Waals surface area contributed by atoms with Gasteiger partial charge in [-0.15, -0.1) is 0 Å². The number of nitrogens with zero attached hydrogens (tertiary/aromatic N) is 2. The first-order valence-electron chi connectivity index (χ1n) is 10.4. The van der Waals surface area contributed by atoms with Crippen LogP contribution in [0.15, 0.2) is 42.6 Å². The minimum atomic E-state index is -0.318. The van der Waals surface area contributed by atoms with E-state index in [2.05, 4.69) is 10.3 Å². The summed E-state index contributed by atoms with van der Waals surface area (Å²) in [4.78, 5) is 31.6. The molecule has 29 heavy (non-hydrogen) atoms. The summed E-state index contributed by atoms with van der Waals surface area (Å²) < 4.78 is 13.4. The van der Waals surface area contributed by atoms with E-state index in [4.69, 9.17) is 0 Å². The molecule has 1 N–H and O–H groups in total. The first-order chi connectivity index (χ1) is 14.1. The maximum Gasteiger partial charge on any atom is 0.253 e. The number of carbonyl (C=O) groups is 2. The summed E-state index contributed by atoms with van der Waals surface area (Å²) in [5.41, 5.74) is 1.76. The van der Waals surface area contributed by atoms with Crippen molar-refractivity contribution in [3.63, 3.8) is 0 Å². The first kappa shape index (κ1) is 19.6. The van der Waals surface area contributed by atoms with Gasteiger partial charge in [-0.25, -0.2) is 4.39 Å². The quantitative estimate of drug-likeness (QED) is 0.857. The van der Waals surface area contributed by atoms with Crippen LogP contribution in [-0.2, 0) is 4.79 Å². The van der Waals surface area contributed by atoms with Gasteiger partial charge < -0.3 is 10.2 Å². The molecule has 2 aromatic rings. The molecular formula is C23H26FN3O2. The van der Waals surface area contributed by atoms with E-state index in [1.165, 1.54) is 18.3 Å². The number of likely N-dealkylation sites (tertiary alicyclic amines) is 1. The minimum Gasteiger partial charge on any atom is -0.349 e. The van der Waals surface area contributed by atoms with Crippen molar-refractivity contribution in [2.45, 2.75) is 44.6 Å². The van der Waals surface area contributed by atoms with E-state index in [-0.39, 0.29) is 29.6 Å². The average Bonchev–Trinajstić information content (AvgIpc) is 3.28. The predicted octanol–water partition coefficient (Wildman–Crippen LogP) is 3.80. The second-order valence-corrected chi connectivity index (χ2v) is 8.01. The highest BCUT2D eigenvalue weighted by Crippen LogP contribution is 2.27. The fourth-order valence-electron chi connectivity index (χ4n) is 4.36. The van der Waals surface area contributed by atoms with Crippen LogP contribution >= 0.6 is 0 Å². The number of benzene rings is 1. The Morgan fingerprint density at radius 3 is 2.62 bits per heavy atom. The lowest BCUT2D eigenvalue weighted by Gasteiger charge is -2.31. The second-order valence-electron chi connectivity index (χ2n) is 8.01. The lowest BCUT2D eigenvalue weighted by molar-refractivity contribution is -0.135. The summed E-state index contributed by atoms with van der Waals surface area (Å²) >= 11 is 0. The number of aromatic nitrogens is 1. The maximum atomic E-state index is 13.4. The average molecular weight is 395 g/mol. The molecule has 5 nitrogen and oxygen atoms in total. The van der Waals surface area contributed by atoms with Crippen LogP contribution in [0.1, 0.15) is 48.9 Å². The van der Waals surface area contributed by atoms with Crippen molar-refractivity contribution >= 4 is 11.8 Å². The first-order valence-corrected chi connectivity index (χ1v) is 10.4. The summed E-state index contributed by atoms with van der Waals surface area (Å²) in [6.07, 6.45) is 7.16. The molecule has 152 valence electrons. The molecule has 4 rings (SSSR count). The Morgan fingerprint density at radius 2 is 1.90 bits per heavy atom. The molecular weight excluding hydrogens is 369 g/mol. The van der Waals surface area contributed by atoms with E-state index < -0.39 is 0 Å². The van der Waals surface area contributed by atoms with Gasteiger partial charge in [0.25, 0.3) is 5.91 Å². The van der Waals surface area contributed by atoms with Crippen molar-refractivity contribution in [3.05, 3.63) is 54.0 Å². The van der Waals surface area contributed by atoms with Gasteiger partial charge in [0.15, 0.2) is 0 Å². The van der Waals surface area contributed by atoms with Gasteiger partial charge in [-0.05, 0) is 56.4 Å². The van der Waals surface area contributed by atoms with E-state index >= 15 is 0 Å². The molecule has 1 aromatic heterocycles. The second kappa shape index (κ2) is 8.72. The maximum absolute atomic E-state index is 13.4. The lowest BCUT2D eigenvalue weighted by atomic mass is 9.84. The summed E-state index contributed by atoms with van der Waals surface area (Å²) in [6, 6.07) is 9.66. The van der Waals surface area contributed by atoms with Crippen LogP contribution in [0, 0.1) is 11.7 Å². The SMILES string of the molecule is O=C(N[C@H]1CCC[C@H](C(=O)N2CCCC2)C1)c1ccc(-c2cccc(F)c2)nc1. The van der Waals surface area contributed by atoms with Crippen molar-refractivity contribution in [2.75, 3.05) is 13.1 Å². The Labute approximate surface area is 170 Å². The Balaban J connectivity index is 1.36. The van der Waals surface area contributed by atoms with E-state index in [1.54, 1.807) is 24.3 Å². The fourth-order valence-corrected chi connectivity index (χ4v) is 4.36. The van der Waals surface area contributed by atoms with Crippen molar-refractivity contribution < 1.29 is 14.0 Å². The number of rotatable bonds is 4. The van der Waals surface area contributed by atoms with Crippen LogP contribution in [0.3, 0.4) is 0 Å². The Kier molecular flexibility index (Phi) is 5.88. The predicted molar refractivity (Wildman–Crippen MR) is 109 cm³/mol. The number of amides is 2. The molecule has 6 heteroatoms. The third-order valence-corrected chi connectivity index (χ3v) is 5.92. The van der Waals surface area contributed by atoms with Crippen molar-refractivity contribution in [1.82, 2.24) is 15.2 Å². The molecule has 0 spiro atoms. The molecule has 1 aliphatic carbocycles. The summed E-state index contributed by atoms with van der Waals surface area (Å²) in [7, 11) is 0. The number of hydrogen-bond donors (Lipinski definition) is 1. The normalized spacial score (nSPS) is 21.8. The molecule has 2 heterocycles. The molecule has 1 saturated carbocycles. The number of halogens is 1. The summed E-state index contributed by atoms with van der Waals surface area (Å²) in [5.74, 6) is -0.229. The molecule has 2 aliphatic rings. The Hall–Kier alpha value is -2.76. The van der Waals surface area contributed by atoms with Gasteiger partial charge >= 0.3 is 0 Å². The van der Waals surface area contributed by atoms with E-state index in [1.807, 2.05) is 4.90 Å². The smallest absolute Gasteiger partial charge is 0.253 e. The van der Waals surface area contributed by atoms with Crippen LogP contribution < -0.4 is 5.32 Å². The third-order valence-electron chi connectivity index (χ3n) is 5.92. The third kappa shape index (κ3) is 4.63. The van der Waals surface area contributed by atoms with Crippen molar-refractivity contribution in [1.29, 1.82) is 0 Å². The molecule has 0 radical (unpaired) electrons. The molecule has 1 aliphatic heterocycles. The minimum absolute atomic E-state index is 0.00991. The summed E-state index contributed by atoms with van der Waals surface area (Å²) in [5, 5.41) is 3.07. The van der Waals surface area contributed by atoms with Gasteiger partial charge in [-0.3, -0.25) is 14.6 Å². The van der Waals surface area contributed by atoms with Gasteiger partial charge in [0.2, 0.25) is 5.91 Å². The zero-order chi connectivity index (χ0) is 20.2. The molecule has 0 bridgehead atoms. The highest BCUT2D eigenvalue weighted by molar-refractivity contribution is 5.94. The van der Waals surface area contributed by atoms with Gasteiger partial charge in [-0.1, -0.05) is 18.6 Å².